The van der Waals surface area contributed by atoms with E-state index >= 15 is 0 Å². The Morgan fingerprint density at radius 1 is 1.24 bits per heavy atom. The van der Waals surface area contributed by atoms with Crippen molar-refractivity contribution in [3.05, 3.63) is 69.7 Å². The fourth-order valence-corrected chi connectivity index (χ4v) is 2.87. The molecule has 0 spiro atoms. The van der Waals surface area contributed by atoms with Gasteiger partial charge in [-0.15, -0.1) is 0 Å². The van der Waals surface area contributed by atoms with Gasteiger partial charge in [0.15, 0.2) is 0 Å². The van der Waals surface area contributed by atoms with E-state index in [1.54, 1.807) is 6.07 Å². The Labute approximate surface area is 133 Å². The molecular weight excluding hydrogens is 328 g/mol. The van der Waals surface area contributed by atoms with Crippen molar-refractivity contribution in [2.24, 2.45) is 5.73 Å². The van der Waals surface area contributed by atoms with E-state index < -0.39 is 5.91 Å². The van der Waals surface area contributed by atoms with Crippen LogP contribution in [0.1, 0.15) is 40.9 Å². The Balaban J connectivity index is 2.09. The van der Waals surface area contributed by atoms with Gasteiger partial charge in [-0.2, -0.15) is 0 Å². The molecule has 2 aromatic rings. The summed E-state index contributed by atoms with van der Waals surface area (Å²) < 4.78 is 1.11. The van der Waals surface area contributed by atoms with Gasteiger partial charge in [-0.05, 0) is 35.7 Å². The third-order valence-corrected chi connectivity index (χ3v) is 4.18. The average molecular weight is 347 g/mol. The van der Waals surface area contributed by atoms with Gasteiger partial charge in [0.05, 0.1) is 0 Å². The smallest absolute Gasteiger partial charge is 0.248 e. The Morgan fingerprint density at radius 2 is 2.00 bits per heavy atom. The van der Waals surface area contributed by atoms with Crippen molar-refractivity contribution in [1.29, 1.82) is 0 Å². The fraction of sp³-hybridized carbons (Fsp3) is 0.235. The van der Waals surface area contributed by atoms with Crippen LogP contribution in [0, 0.1) is 0 Å². The number of hydrogen-bond acceptors (Lipinski definition) is 2. The van der Waals surface area contributed by atoms with Crippen LogP contribution in [0.2, 0.25) is 0 Å². The molecule has 4 heteroatoms. The summed E-state index contributed by atoms with van der Waals surface area (Å²) >= 11 is 3.59. The number of benzene rings is 2. The maximum absolute atomic E-state index is 11.2. The molecule has 0 aliphatic carbocycles. The van der Waals surface area contributed by atoms with Gasteiger partial charge in [0.2, 0.25) is 5.91 Å². The third-order valence-electron chi connectivity index (χ3n) is 3.45. The average Bonchev–Trinajstić information content (AvgIpc) is 2.50. The number of nitrogens with one attached hydrogen (secondary N) is 1. The Morgan fingerprint density at radius 3 is 2.67 bits per heavy atom. The number of primary amides is 1. The van der Waals surface area contributed by atoms with E-state index in [4.69, 9.17) is 5.73 Å². The Hall–Kier alpha value is -1.65. The van der Waals surface area contributed by atoms with Crippen molar-refractivity contribution in [3.63, 3.8) is 0 Å². The first-order valence-corrected chi connectivity index (χ1v) is 7.77. The summed E-state index contributed by atoms with van der Waals surface area (Å²) in [5.74, 6) is -0.394. The number of hydrogen-bond donors (Lipinski definition) is 2. The molecule has 3 nitrogen and oxygen atoms in total. The zero-order valence-electron chi connectivity index (χ0n) is 12.0. The molecule has 2 rings (SSSR count). The first-order chi connectivity index (χ1) is 10.1. The zero-order chi connectivity index (χ0) is 15.2. The van der Waals surface area contributed by atoms with E-state index in [-0.39, 0.29) is 6.04 Å². The SMILES string of the molecule is CCC(NCc1cccc(C(N)=O)c1)c1ccccc1Br. The highest BCUT2D eigenvalue weighted by Crippen LogP contribution is 2.25. The maximum atomic E-state index is 11.2. The minimum Gasteiger partial charge on any atom is -0.366 e. The molecule has 0 saturated carbocycles. The molecule has 0 fully saturated rings. The number of halogens is 1. The lowest BCUT2D eigenvalue weighted by molar-refractivity contribution is 0.1000. The number of carbonyl (C=O) groups excluding carboxylic acids is 1. The molecule has 1 unspecified atom stereocenters. The summed E-state index contributed by atoms with van der Waals surface area (Å²) in [6.07, 6.45) is 0.984. The van der Waals surface area contributed by atoms with Crippen LogP contribution >= 0.6 is 15.9 Å². The van der Waals surface area contributed by atoms with E-state index in [1.807, 2.05) is 36.4 Å². The van der Waals surface area contributed by atoms with E-state index in [9.17, 15) is 4.79 Å². The summed E-state index contributed by atoms with van der Waals surface area (Å²) in [6.45, 7) is 2.85. The summed E-state index contributed by atoms with van der Waals surface area (Å²) in [5.41, 5.74) is 8.15. The van der Waals surface area contributed by atoms with Gasteiger partial charge in [0.1, 0.15) is 0 Å². The highest BCUT2D eigenvalue weighted by molar-refractivity contribution is 9.10. The Bertz CT molecular complexity index is 628. The number of amides is 1. The minimum absolute atomic E-state index is 0.262. The molecule has 0 aromatic heterocycles. The number of nitrogens with two attached hydrogens (primary N) is 1. The van der Waals surface area contributed by atoms with Crippen LogP contribution in [0.5, 0.6) is 0 Å². The zero-order valence-corrected chi connectivity index (χ0v) is 13.6. The van der Waals surface area contributed by atoms with Crippen molar-refractivity contribution in [2.45, 2.75) is 25.9 Å². The van der Waals surface area contributed by atoms with E-state index in [2.05, 4.69) is 34.2 Å². The summed E-state index contributed by atoms with van der Waals surface area (Å²) in [6, 6.07) is 15.9. The molecule has 0 aliphatic heterocycles. The standard InChI is InChI=1S/C17H19BrN2O/c1-2-16(14-8-3-4-9-15(14)18)20-11-12-6-5-7-13(10-12)17(19)21/h3-10,16,20H,2,11H2,1H3,(H2,19,21). The van der Waals surface area contributed by atoms with Gasteiger partial charge < -0.3 is 11.1 Å². The summed E-state index contributed by atoms with van der Waals surface area (Å²) in [7, 11) is 0. The molecule has 0 aliphatic rings. The predicted octanol–water partition coefficient (Wildman–Crippen LogP) is 3.79. The third kappa shape index (κ3) is 4.16. The van der Waals surface area contributed by atoms with Crippen molar-refractivity contribution < 1.29 is 4.79 Å². The lowest BCUT2D eigenvalue weighted by atomic mass is 10.0. The van der Waals surface area contributed by atoms with Crippen LogP contribution in [0.4, 0.5) is 0 Å². The molecule has 21 heavy (non-hydrogen) atoms. The minimum atomic E-state index is -0.394. The highest BCUT2D eigenvalue weighted by Gasteiger charge is 2.11. The van der Waals surface area contributed by atoms with Gasteiger partial charge in [0.25, 0.3) is 0 Å². The van der Waals surface area contributed by atoms with Crippen LogP contribution in [0.15, 0.2) is 53.0 Å². The first kappa shape index (κ1) is 15.7. The lowest BCUT2D eigenvalue weighted by Crippen LogP contribution is -2.21. The van der Waals surface area contributed by atoms with Crippen LogP contribution in [0.3, 0.4) is 0 Å². The summed E-state index contributed by atoms with van der Waals surface area (Å²) in [4.78, 5) is 11.2. The normalized spacial score (nSPS) is 12.1. The molecule has 0 bridgehead atoms. The molecule has 3 N–H and O–H groups in total. The van der Waals surface area contributed by atoms with Gasteiger partial charge in [0, 0.05) is 22.6 Å². The van der Waals surface area contributed by atoms with Gasteiger partial charge >= 0.3 is 0 Å². The second kappa shape index (κ2) is 7.38. The monoisotopic (exact) mass is 346 g/mol. The predicted molar refractivity (Wildman–Crippen MR) is 89.0 cm³/mol. The molecular formula is C17H19BrN2O. The largest absolute Gasteiger partial charge is 0.366 e. The lowest BCUT2D eigenvalue weighted by Gasteiger charge is -2.19. The number of carbonyl (C=O) groups is 1. The highest BCUT2D eigenvalue weighted by atomic mass is 79.9. The van der Waals surface area contributed by atoms with Gasteiger partial charge in [-0.3, -0.25) is 4.79 Å². The van der Waals surface area contributed by atoms with Crippen LogP contribution < -0.4 is 11.1 Å². The van der Waals surface area contributed by atoms with E-state index in [0.29, 0.717) is 12.1 Å². The second-order valence-electron chi connectivity index (χ2n) is 4.93. The molecule has 0 radical (unpaired) electrons. The van der Waals surface area contributed by atoms with E-state index in [1.165, 1.54) is 5.56 Å². The van der Waals surface area contributed by atoms with Crippen LogP contribution in [-0.4, -0.2) is 5.91 Å². The quantitative estimate of drug-likeness (QED) is 0.835. The van der Waals surface area contributed by atoms with Crippen LogP contribution in [-0.2, 0) is 6.54 Å². The molecule has 0 saturated heterocycles. The van der Waals surface area contributed by atoms with Crippen molar-refractivity contribution in [3.8, 4) is 0 Å². The van der Waals surface area contributed by atoms with Crippen molar-refractivity contribution >= 4 is 21.8 Å². The fourth-order valence-electron chi connectivity index (χ4n) is 2.31. The first-order valence-electron chi connectivity index (χ1n) is 6.98. The molecule has 1 atom stereocenters. The van der Waals surface area contributed by atoms with Crippen molar-refractivity contribution in [2.75, 3.05) is 0 Å². The molecule has 110 valence electrons. The Kier molecular flexibility index (Phi) is 5.53. The second-order valence-corrected chi connectivity index (χ2v) is 5.78. The van der Waals surface area contributed by atoms with Gasteiger partial charge in [-0.1, -0.05) is 53.2 Å². The molecule has 2 aromatic carbocycles. The molecule has 1 amide bonds. The van der Waals surface area contributed by atoms with E-state index in [0.717, 1.165) is 16.5 Å². The topological polar surface area (TPSA) is 55.1 Å². The van der Waals surface area contributed by atoms with Crippen LogP contribution in [0.25, 0.3) is 0 Å². The number of rotatable bonds is 6. The van der Waals surface area contributed by atoms with Gasteiger partial charge in [-0.25, -0.2) is 0 Å². The summed E-state index contributed by atoms with van der Waals surface area (Å²) in [5, 5.41) is 3.53. The van der Waals surface area contributed by atoms with Crippen molar-refractivity contribution in [1.82, 2.24) is 5.32 Å². The maximum Gasteiger partial charge on any atom is 0.248 e. The molecule has 0 heterocycles.